The first-order valence-electron chi connectivity index (χ1n) is 6.40. The molecule has 1 aromatic carbocycles. The van der Waals surface area contributed by atoms with Gasteiger partial charge in [0.2, 0.25) is 0 Å². The van der Waals surface area contributed by atoms with Gasteiger partial charge in [-0.1, -0.05) is 0 Å². The Labute approximate surface area is 116 Å². The van der Waals surface area contributed by atoms with Gasteiger partial charge in [-0.15, -0.1) is 0 Å². The Kier molecular flexibility index (Phi) is 4.03. The number of aryl methyl sites for hydroxylation is 2. The van der Waals surface area contributed by atoms with Gasteiger partial charge in [0.25, 0.3) is 0 Å². The van der Waals surface area contributed by atoms with Gasteiger partial charge in [-0.25, -0.2) is 4.79 Å². The molecule has 2 rings (SSSR count). The van der Waals surface area contributed by atoms with Crippen LogP contribution in [0, 0.1) is 13.8 Å². The van der Waals surface area contributed by atoms with Crippen LogP contribution in [0.3, 0.4) is 0 Å². The predicted octanol–water partition coefficient (Wildman–Crippen LogP) is 2.99. The maximum Gasteiger partial charge on any atom is 0.330 e. The van der Waals surface area contributed by atoms with E-state index in [2.05, 4.69) is 0 Å². The van der Waals surface area contributed by atoms with Gasteiger partial charge in [0.1, 0.15) is 11.8 Å². The number of rotatable bonds is 3. The maximum absolute atomic E-state index is 12.3. The molecule has 0 aliphatic carbocycles. The van der Waals surface area contributed by atoms with E-state index in [-0.39, 0.29) is 5.43 Å². The highest BCUT2D eigenvalue weighted by molar-refractivity contribution is 5.88. The van der Waals surface area contributed by atoms with Gasteiger partial charge in [0.15, 0.2) is 5.43 Å². The van der Waals surface area contributed by atoms with Crippen molar-refractivity contribution in [3.63, 3.8) is 0 Å². The summed E-state index contributed by atoms with van der Waals surface area (Å²) in [4.78, 5) is 23.5. The largest absolute Gasteiger partial charge is 0.463 e. The molecule has 0 saturated carbocycles. The zero-order valence-electron chi connectivity index (χ0n) is 11.7. The zero-order chi connectivity index (χ0) is 14.7. The molecule has 0 spiro atoms. The summed E-state index contributed by atoms with van der Waals surface area (Å²) < 4.78 is 10.2. The lowest BCUT2D eigenvalue weighted by Crippen LogP contribution is -2.06. The lowest BCUT2D eigenvalue weighted by Gasteiger charge is -2.03. The number of carbonyl (C=O) groups excluding carboxylic acids is 1. The van der Waals surface area contributed by atoms with Crippen LogP contribution in [0.2, 0.25) is 0 Å². The molecule has 0 radical (unpaired) electrons. The van der Waals surface area contributed by atoms with Crippen molar-refractivity contribution in [3.05, 3.63) is 51.4 Å². The highest BCUT2D eigenvalue weighted by Crippen LogP contribution is 2.17. The van der Waals surface area contributed by atoms with Crippen molar-refractivity contribution in [2.45, 2.75) is 20.8 Å². The molecule has 0 saturated heterocycles. The van der Waals surface area contributed by atoms with E-state index in [4.69, 9.17) is 9.15 Å². The van der Waals surface area contributed by atoms with E-state index in [0.29, 0.717) is 23.1 Å². The molecular weight excluding hydrogens is 256 g/mol. The minimum Gasteiger partial charge on any atom is -0.463 e. The summed E-state index contributed by atoms with van der Waals surface area (Å²) in [7, 11) is 0. The number of carbonyl (C=O) groups is 1. The maximum atomic E-state index is 12.3. The second kappa shape index (κ2) is 5.74. The average molecular weight is 272 g/mol. The summed E-state index contributed by atoms with van der Waals surface area (Å²) in [5.74, 6) is -0.480. The summed E-state index contributed by atoms with van der Waals surface area (Å²) >= 11 is 0. The molecule has 0 amide bonds. The number of hydrogen-bond acceptors (Lipinski definition) is 4. The lowest BCUT2D eigenvalue weighted by molar-refractivity contribution is -0.137. The Morgan fingerprint density at radius 3 is 2.70 bits per heavy atom. The molecule has 20 heavy (non-hydrogen) atoms. The van der Waals surface area contributed by atoms with Crippen molar-refractivity contribution in [1.29, 1.82) is 0 Å². The minimum atomic E-state index is -0.480. The van der Waals surface area contributed by atoms with Gasteiger partial charge in [-0.05, 0) is 50.1 Å². The molecule has 0 fully saturated rings. The molecular formula is C16H16O4. The highest BCUT2D eigenvalue weighted by Gasteiger charge is 2.07. The first-order valence-corrected chi connectivity index (χ1v) is 6.40. The van der Waals surface area contributed by atoms with Crippen molar-refractivity contribution >= 4 is 23.0 Å². The van der Waals surface area contributed by atoms with E-state index in [1.807, 2.05) is 19.9 Å². The molecule has 104 valence electrons. The fraction of sp³-hybridized carbons (Fsp3) is 0.250. The summed E-state index contributed by atoms with van der Waals surface area (Å²) in [6, 6.07) is 3.64. The van der Waals surface area contributed by atoms with Crippen LogP contribution in [-0.4, -0.2) is 12.6 Å². The van der Waals surface area contributed by atoms with Gasteiger partial charge in [-0.2, -0.15) is 0 Å². The molecule has 4 nitrogen and oxygen atoms in total. The number of fused-ring (bicyclic) bond motifs is 1. The molecule has 0 atom stereocenters. The summed E-state index contributed by atoms with van der Waals surface area (Å²) in [6.07, 6.45) is 4.00. The van der Waals surface area contributed by atoms with Gasteiger partial charge in [0, 0.05) is 6.08 Å². The van der Waals surface area contributed by atoms with Gasteiger partial charge in [-0.3, -0.25) is 4.79 Å². The van der Waals surface area contributed by atoms with E-state index in [0.717, 1.165) is 11.1 Å². The molecule has 2 aromatic rings. The minimum absolute atomic E-state index is 0.158. The van der Waals surface area contributed by atoms with Crippen LogP contribution in [0.5, 0.6) is 0 Å². The summed E-state index contributed by atoms with van der Waals surface area (Å²) in [5, 5.41) is 0.513. The second-order valence-electron chi connectivity index (χ2n) is 4.54. The monoisotopic (exact) mass is 272 g/mol. The van der Waals surface area contributed by atoms with Gasteiger partial charge < -0.3 is 9.15 Å². The van der Waals surface area contributed by atoms with Crippen molar-refractivity contribution in [2.75, 3.05) is 6.61 Å². The normalized spacial score (nSPS) is 11.2. The third-order valence-corrected chi connectivity index (χ3v) is 3.10. The Morgan fingerprint density at radius 2 is 2.00 bits per heavy atom. The van der Waals surface area contributed by atoms with E-state index in [1.54, 1.807) is 13.0 Å². The van der Waals surface area contributed by atoms with Gasteiger partial charge >= 0.3 is 5.97 Å². The zero-order valence-corrected chi connectivity index (χ0v) is 11.7. The predicted molar refractivity (Wildman–Crippen MR) is 77.6 cm³/mol. The molecule has 0 N–H and O–H groups in total. The molecule has 0 aliphatic heterocycles. The van der Waals surface area contributed by atoms with Crippen LogP contribution in [-0.2, 0) is 9.53 Å². The third-order valence-electron chi connectivity index (χ3n) is 3.10. The SMILES string of the molecule is CCOC(=O)C=Cc1coc2cc(C)c(C)cc2c1=O. The highest BCUT2D eigenvalue weighted by atomic mass is 16.5. The van der Waals surface area contributed by atoms with E-state index in [9.17, 15) is 9.59 Å². The fourth-order valence-corrected chi connectivity index (χ4v) is 1.86. The number of hydrogen-bond donors (Lipinski definition) is 0. The van der Waals surface area contributed by atoms with Crippen LogP contribution in [0.1, 0.15) is 23.6 Å². The fourth-order valence-electron chi connectivity index (χ4n) is 1.86. The Bertz CT molecular complexity index is 738. The summed E-state index contributed by atoms with van der Waals surface area (Å²) in [5.41, 5.74) is 2.81. The van der Waals surface area contributed by atoms with E-state index >= 15 is 0 Å². The number of ether oxygens (including phenoxy) is 1. The van der Waals surface area contributed by atoms with Crippen LogP contribution < -0.4 is 5.43 Å². The van der Waals surface area contributed by atoms with Gasteiger partial charge in [0.05, 0.1) is 17.6 Å². The quantitative estimate of drug-likeness (QED) is 0.636. The second-order valence-corrected chi connectivity index (χ2v) is 4.54. The topological polar surface area (TPSA) is 56.5 Å². The standard InChI is InChI=1S/C16H16O4/c1-4-19-15(17)6-5-12-9-20-14-8-11(3)10(2)7-13(14)16(12)18/h5-9H,4H2,1-3H3. The smallest absolute Gasteiger partial charge is 0.330 e. The molecule has 1 aromatic heterocycles. The number of esters is 1. The Balaban J connectivity index is 2.47. The molecule has 0 bridgehead atoms. The third kappa shape index (κ3) is 2.79. The summed E-state index contributed by atoms with van der Waals surface area (Å²) in [6.45, 7) is 5.92. The molecule has 1 heterocycles. The molecule has 0 unspecified atom stereocenters. The van der Waals surface area contributed by atoms with Crippen LogP contribution in [0.15, 0.2) is 33.7 Å². The Hall–Kier alpha value is -2.36. The van der Waals surface area contributed by atoms with Crippen LogP contribution in [0.25, 0.3) is 17.0 Å². The number of benzene rings is 1. The first-order chi connectivity index (χ1) is 9.52. The molecule has 0 aliphatic rings. The lowest BCUT2D eigenvalue weighted by atomic mass is 10.1. The first kappa shape index (κ1) is 14.1. The van der Waals surface area contributed by atoms with Crippen LogP contribution >= 0.6 is 0 Å². The average Bonchev–Trinajstić information content (AvgIpc) is 2.41. The molecule has 4 heteroatoms. The van der Waals surface area contributed by atoms with E-state index in [1.165, 1.54) is 18.4 Å². The Morgan fingerprint density at radius 1 is 1.30 bits per heavy atom. The van der Waals surface area contributed by atoms with E-state index < -0.39 is 5.97 Å². The van der Waals surface area contributed by atoms with Crippen molar-refractivity contribution in [1.82, 2.24) is 0 Å². The van der Waals surface area contributed by atoms with Crippen LogP contribution in [0.4, 0.5) is 0 Å². The van der Waals surface area contributed by atoms with Crippen molar-refractivity contribution in [2.24, 2.45) is 0 Å². The van der Waals surface area contributed by atoms with Crippen molar-refractivity contribution < 1.29 is 13.9 Å². The van der Waals surface area contributed by atoms with Crippen molar-refractivity contribution in [3.8, 4) is 0 Å².